The maximum absolute atomic E-state index is 12.4. The molecule has 3 rings (SSSR count). The predicted molar refractivity (Wildman–Crippen MR) is 104 cm³/mol. The van der Waals surface area contributed by atoms with Gasteiger partial charge in [-0.15, -0.1) is 5.10 Å². The van der Waals surface area contributed by atoms with E-state index in [-0.39, 0.29) is 11.7 Å². The third-order valence-electron chi connectivity index (χ3n) is 4.36. The summed E-state index contributed by atoms with van der Waals surface area (Å²) in [6, 6.07) is 14.2. The highest BCUT2D eigenvalue weighted by atomic mass is 16.2. The fraction of sp³-hybridized carbons (Fsp3) is 0.286. The fourth-order valence-corrected chi connectivity index (χ4v) is 2.73. The lowest BCUT2D eigenvalue weighted by atomic mass is 10.1. The van der Waals surface area contributed by atoms with Crippen LogP contribution in [0.2, 0.25) is 0 Å². The Morgan fingerprint density at radius 2 is 1.88 bits per heavy atom. The van der Waals surface area contributed by atoms with Gasteiger partial charge < -0.3 is 5.32 Å². The Hall–Kier alpha value is -2.95. The molecule has 0 atom stereocenters. The summed E-state index contributed by atoms with van der Waals surface area (Å²) in [5, 5.41) is 7.35. The van der Waals surface area contributed by atoms with E-state index in [1.165, 1.54) is 11.1 Å². The average molecular weight is 348 g/mol. The van der Waals surface area contributed by atoms with Gasteiger partial charge in [-0.3, -0.25) is 4.79 Å². The van der Waals surface area contributed by atoms with Crippen LogP contribution in [0.3, 0.4) is 0 Å². The summed E-state index contributed by atoms with van der Waals surface area (Å²) in [7, 11) is 0. The molecule has 0 saturated carbocycles. The Balaban J connectivity index is 2.12. The second kappa shape index (κ2) is 7.52. The zero-order valence-corrected chi connectivity index (χ0v) is 15.7. The summed E-state index contributed by atoms with van der Waals surface area (Å²) >= 11 is 0. The predicted octanol–water partition coefficient (Wildman–Crippen LogP) is 4.00. The molecule has 0 bridgehead atoms. The van der Waals surface area contributed by atoms with Crippen LogP contribution < -0.4 is 5.32 Å². The first-order valence-corrected chi connectivity index (χ1v) is 8.89. The molecule has 0 aliphatic carbocycles. The second-order valence-electron chi connectivity index (χ2n) is 6.56. The molecule has 0 spiro atoms. The number of nitrogens with one attached hydrogen (secondary N) is 1. The minimum Gasteiger partial charge on any atom is -0.349 e. The van der Waals surface area contributed by atoms with Gasteiger partial charge in [0.25, 0.3) is 5.91 Å². The molecule has 1 N–H and O–H groups in total. The molecule has 0 fully saturated rings. The van der Waals surface area contributed by atoms with Crippen molar-refractivity contribution in [3.05, 3.63) is 65.0 Å². The Morgan fingerprint density at radius 1 is 1.08 bits per heavy atom. The largest absolute Gasteiger partial charge is 0.349 e. The lowest BCUT2D eigenvalue weighted by Gasteiger charge is -2.08. The van der Waals surface area contributed by atoms with Crippen LogP contribution in [-0.4, -0.2) is 27.2 Å². The number of amides is 1. The normalized spacial score (nSPS) is 10.8. The minimum absolute atomic E-state index is 0.188. The monoisotopic (exact) mass is 348 g/mol. The number of carbonyl (C=O) groups excluding carboxylic acids is 1. The van der Waals surface area contributed by atoms with Gasteiger partial charge in [0.15, 0.2) is 5.82 Å². The molecule has 2 aromatic carbocycles. The number of nitrogens with zero attached hydrogens (tertiary/aromatic N) is 3. The van der Waals surface area contributed by atoms with Crippen LogP contribution in [0.1, 0.15) is 40.7 Å². The number of hydrogen-bond acceptors (Lipinski definition) is 3. The zero-order valence-electron chi connectivity index (χ0n) is 15.7. The van der Waals surface area contributed by atoms with E-state index in [4.69, 9.17) is 0 Å². The Morgan fingerprint density at radius 3 is 2.58 bits per heavy atom. The molecule has 3 aromatic rings. The smallest absolute Gasteiger partial charge is 0.290 e. The molecule has 0 saturated heterocycles. The topological polar surface area (TPSA) is 59.8 Å². The van der Waals surface area contributed by atoms with Crippen LogP contribution >= 0.6 is 0 Å². The first-order chi connectivity index (χ1) is 12.5. The summed E-state index contributed by atoms with van der Waals surface area (Å²) in [5.41, 5.74) is 5.35. The van der Waals surface area contributed by atoms with Crippen LogP contribution in [-0.2, 0) is 0 Å². The minimum atomic E-state index is -0.247. The van der Waals surface area contributed by atoms with Crippen LogP contribution in [0.4, 0.5) is 0 Å². The first-order valence-electron chi connectivity index (χ1n) is 8.89. The van der Waals surface area contributed by atoms with E-state index in [2.05, 4.69) is 47.4 Å². The Bertz CT molecular complexity index is 943. The van der Waals surface area contributed by atoms with E-state index in [0.29, 0.717) is 12.4 Å². The molecule has 5 nitrogen and oxygen atoms in total. The van der Waals surface area contributed by atoms with Gasteiger partial charge in [-0.05, 0) is 56.5 Å². The van der Waals surface area contributed by atoms with E-state index in [1.807, 2.05) is 38.1 Å². The molecule has 1 amide bonds. The molecule has 26 heavy (non-hydrogen) atoms. The number of benzene rings is 2. The van der Waals surface area contributed by atoms with Gasteiger partial charge in [0.1, 0.15) is 0 Å². The zero-order chi connectivity index (χ0) is 18.7. The van der Waals surface area contributed by atoms with E-state index >= 15 is 0 Å². The lowest BCUT2D eigenvalue weighted by molar-refractivity contribution is 0.0943. The number of carbonyl (C=O) groups is 1. The van der Waals surface area contributed by atoms with Gasteiger partial charge in [-0.2, -0.15) is 0 Å². The van der Waals surface area contributed by atoms with Crippen molar-refractivity contribution in [2.45, 2.75) is 34.1 Å². The molecule has 1 heterocycles. The van der Waals surface area contributed by atoms with Gasteiger partial charge in [0.05, 0.1) is 5.69 Å². The van der Waals surface area contributed by atoms with Crippen molar-refractivity contribution in [2.24, 2.45) is 0 Å². The first kappa shape index (κ1) is 17.9. The molecular weight excluding hydrogens is 324 g/mol. The molecule has 5 heteroatoms. The van der Waals surface area contributed by atoms with E-state index in [0.717, 1.165) is 23.2 Å². The fourth-order valence-electron chi connectivity index (χ4n) is 2.73. The standard InChI is InChI=1S/C21H24N4O/c1-5-11-22-21(26)19-23-20(17-8-6-7-14(2)12-17)25(24-19)18-10-9-15(3)16(4)13-18/h6-10,12-13H,5,11H2,1-4H3,(H,22,26). The van der Waals surface area contributed by atoms with Gasteiger partial charge in [-0.25, -0.2) is 9.67 Å². The summed E-state index contributed by atoms with van der Waals surface area (Å²) in [6.07, 6.45) is 0.869. The summed E-state index contributed by atoms with van der Waals surface area (Å²) in [5.74, 6) is 0.607. The van der Waals surface area contributed by atoms with Gasteiger partial charge in [0.2, 0.25) is 5.82 Å². The molecule has 0 aliphatic rings. The van der Waals surface area contributed by atoms with Crippen molar-refractivity contribution >= 4 is 5.91 Å². The van der Waals surface area contributed by atoms with Crippen molar-refractivity contribution in [1.29, 1.82) is 0 Å². The maximum Gasteiger partial charge on any atom is 0.290 e. The van der Waals surface area contributed by atoms with E-state index < -0.39 is 0 Å². The van der Waals surface area contributed by atoms with Crippen molar-refractivity contribution < 1.29 is 4.79 Å². The molecule has 134 valence electrons. The molecule has 1 aromatic heterocycles. The quantitative estimate of drug-likeness (QED) is 0.758. The summed E-state index contributed by atoms with van der Waals surface area (Å²) in [4.78, 5) is 16.9. The van der Waals surface area contributed by atoms with Crippen LogP contribution in [0.5, 0.6) is 0 Å². The van der Waals surface area contributed by atoms with E-state index in [1.54, 1.807) is 4.68 Å². The van der Waals surface area contributed by atoms with Crippen LogP contribution in [0.25, 0.3) is 17.1 Å². The third-order valence-corrected chi connectivity index (χ3v) is 4.36. The van der Waals surface area contributed by atoms with E-state index in [9.17, 15) is 4.79 Å². The molecular formula is C21H24N4O. The second-order valence-corrected chi connectivity index (χ2v) is 6.56. The molecule has 0 aliphatic heterocycles. The summed E-state index contributed by atoms with van der Waals surface area (Å²) < 4.78 is 1.75. The van der Waals surface area contributed by atoms with Crippen molar-refractivity contribution in [2.75, 3.05) is 6.54 Å². The highest BCUT2D eigenvalue weighted by Gasteiger charge is 2.18. The maximum atomic E-state index is 12.4. The average Bonchev–Trinajstić information content (AvgIpc) is 3.07. The SMILES string of the molecule is CCCNC(=O)c1nc(-c2cccc(C)c2)n(-c2ccc(C)c(C)c2)n1. The third kappa shape index (κ3) is 3.67. The number of rotatable bonds is 5. The Labute approximate surface area is 154 Å². The lowest BCUT2D eigenvalue weighted by Crippen LogP contribution is -2.25. The van der Waals surface area contributed by atoms with Crippen LogP contribution in [0.15, 0.2) is 42.5 Å². The van der Waals surface area contributed by atoms with Gasteiger partial charge in [-0.1, -0.05) is 36.8 Å². The van der Waals surface area contributed by atoms with Crippen molar-refractivity contribution in [1.82, 2.24) is 20.1 Å². The molecule has 0 unspecified atom stereocenters. The number of aryl methyl sites for hydroxylation is 3. The number of aromatic nitrogens is 3. The van der Waals surface area contributed by atoms with Crippen molar-refractivity contribution in [3.63, 3.8) is 0 Å². The highest BCUT2D eigenvalue weighted by Crippen LogP contribution is 2.23. The number of hydrogen-bond donors (Lipinski definition) is 1. The van der Waals surface area contributed by atoms with Gasteiger partial charge >= 0.3 is 0 Å². The molecule has 0 radical (unpaired) electrons. The highest BCUT2D eigenvalue weighted by molar-refractivity contribution is 5.91. The van der Waals surface area contributed by atoms with Gasteiger partial charge in [0, 0.05) is 12.1 Å². The Kier molecular flexibility index (Phi) is 5.16. The van der Waals surface area contributed by atoms with Crippen molar-refractivity contribution in [3.8, 4) is 17.1 Å². The van der Waals surface area contributed by atoms with Crippen LogP contribution in [0, 0.1) is 20.8 Å². The summed E-state index contributed by atoms with van der Waals surface area (Å²) in [6.45, 7) is 8.80.